The summed E-state index contributed by atoms with van der Waals surface area (Å²) in [7, 11) is 0. The summed E-state index contributed by atoms with van der Waals surface area (Å²) in [6.07, 6.45) is 5.48. The minimum Gasteiger partial charge on any atom is -0.494 e. The van der Waals surface area contributed by atoms with E-state index in [1.807, 2.05) is 35.8 Å². The molecule has 0 unspecified atom stereocenters. The number of thiazole rings is 1. The van der Waals surface area contributed by atoms with Crippen LogP contribution < -0.4 is 9.54 Å². The average molecular weight is 361 g/mol. The van der Waals surface area contributed by atoms with Crippen molar-refractivity contribution in [2.45, 2.75) is 13.5 Å². The Kier molecular flexibility index (Phi) is 5.17. The number of amides is 1. The molecule has 1 aromatic heterocycles. The summed E-state index contributed by atoms with van der Waals surface area (Å²) in [5, 5.41) is 8.85. The van der Waals surface area contributed by atoms with Gasteiger partial charge in [0, 0.05) is 5.56 Å². The van der Waals surface area contributed by atoms with Crippen LogP contribution in [0.3, 0.4) is 0 Å². The van der Waals surface area contributed by atoms with Crippen LogP contribution in [0, 0.1) is 23.7 Å². The van der Waals surface area contributed by atoms with E-state index in [0.29, 0.717) is 29.1 Å². The topological polar surface area (TPSA) is 67.4 Å². The van der Waals surface area contributed by atoms with Crippen molar-refractivity contribution >= 4 is 27.5 Å². The number of terminal acetylenes is 1. The Bertz CT molecular complexity index is 1110. The van der Waals surface area contributed by atoms with Crippen molar-refractivity contribution in [2.24, 2.45) is 4.99 Å². The van der Waals surface area contributed by atoms with Gasteiger partial charge in [-0.25, -0.2) is 0 Å². The van der Waals surface area contributed by atoms with E-state index in [0.717, 1.165) is 16.0 Å². The molecule has 128 valence electrons. The van der Waals surface area contributed by atoms with Crippen LogP contribution in [-0.4, -0.2) is 17.1 Å². The van der Waals surface area contributed by atoms with Crippen molar-refractivity contribution in [3.63, 3.8) is 0 Å². The standard InChI is InChI=1S/C20H15N3O2S/c1-3-11-23-17-10-9-16(25-4-2)12-18(17)26-20(23)22-19(24)15-7-5-14(13-21)6-8-15/h1,5-10,12H,4,11H2,2H3. The second kappa shape index (κ2) is 7.69. The zero-order valence-electron chi connectivity index (χ0n) is 14.1. The van der Waals surface area contributed by atoms with Crippen LogP contribution >= 0.6 is 11.3 Å². The zero-order valence-corrected chi connectivity index (χ0v) is 14.9. The van der Waals surface area contributed by atoms with Gasteiger partial charge in [0.1, 0.15) is 5.75 Å². The second-order valence-electron chi connectivity index (χ2n) is 5.34. The molecule has 2 aromatic carbocycles. The maximum Gasteiger partial charge on any atom is 0.279 e. The lowest BCUT2D eigenvalue weighted by Gasteiger charge is -2.03. The van der Waals surface area contributed by atoms with Gasteiger partial charge in [-0.05, 0) is 49.4 Å². The fraction of sp³-hybridized carbons (Fsp3) is 0.150. The lowest BCUT2D eigenvalue weighted by Crippen LogP contribution is -2.16. The quantitative estimate of drug-likeness (QED) is 0.669. The van der Waals surface area contributed by atoms with Gasteiger partial charge in [-0.15, -0.1) is 6.42 Å². The number of aromatic nitrogens is 1. The number of nitrogens with zero attached hydrogens (tertiary/aromatic N) is 3. The first-order valence-electron chi connectivity index (χ1n) is 7.95. The van der Waals surface area contributed by atoms with Crippen LogP contribution in [-0.2, 0) is 6.54 Å². The fourth-order valence-electron chi connectivity index (χ4n) is 2.48. The number of rotatable bonds is 4. The van der Waals surface area contributed by atoms with E-state index in [1.54, 1.807) is 24.3 Å². The molecule has 1 amide bonds. The second-order valence-corrected chi connectivity index (χ2v) is 6.35. The molecule has 0 saturated heterocycles. The number of carbonyl (C=O) groups is 1. The molecular weight excluding hydrogens is 346 g/mol. The van der Waals surface area contributed by atoms with Crippen LogP contribution in [0.15, 0.2) is 47.5 Å². The van der Waals surface area contributed by atoms with Gasteiger partial charge in [-0.1, -0.05) is 17.3 Å². The fourth-order valence-corrected chi connectivity index (χ4v) is 3.53. The predicted molar refractivity (Wildman–Crippen MR) is 101 cm³/mol. The number of fused-ring (bicyclic) bond motifs is 1. The molecule has 0 fully saturated rings. The average Bonchev–Trinajstić information content (AvgIpc) is 2.99. The minimum absolute atomic E-state index is 0.313. The Morgan fingerprint density at radius 3 is 2.73 bits per heavy atom. The van der Waals surface area contributed by atoms with Crippen molar-refractivity contribution in [1.29, 1.82) is 5.26 Å². The van der Waals surface area contributed by atoms with Gasteiger partial charge in [-0.3, -0.25) is 4.79 Å². The first kappa shape index (κ1) is 17.5. The maximum absolute atomic E-state index is 12.5. The summed E-state index contributed by atoms with van der Waals surface area (Å²) < 4.78 is 8.30. The Morgan fingerprint density at radius 1 is 1.31 bits per heavy atom. The summed E-state index contributed by atoms with van der Waals surface area (Å²) >= 11 is 1.38. The first-order chi connectivity index (χ1) is 12.7. The van der Waals surface area contributed by atoms with Crippen molar-refractivity contribution in [2.75, 3.05) is 6.61 Å². The van der Waals surface area contributed by atoms with Gasteiger partial charge in [0.15, 0.2) is 4.80 Å². The Hall–Kier alpha value is -3.35. The highest BCUT2D eigenvalue weighted by Crippen LogP contribution is 2.23. The van der Waals surface area contributed by atoms with E-state index < -0.39 is 0 Å². The third-order valence-electron chi connectivity index (χ3n) is 3.67. The Morgan fingerprint density at radius 2 is 2.08 bits per heavy atom. The van der Waals surface area contributed by atoms with E-state index in [-0.39, 0.29) is 5.91 Å². The van der Waals surface area contributed by atoms with Gasteiger partial charge in [0.2, 0.25) is 0 Å². The molecule has 0 aliphatic carbocycles. The van der Waals surface area contributed by atoms with E-state index in [2.05, 4.69) is 10.9 Å². The predicted octanol–water partition coefficient (Wildman–Crippen LogP) is 3.35. The van der Waals surface area contributed by atoms with Crippen LogP contribution in [0.2, 0.25) is 0 Å². The summed E-state index contributed by atoms with van der Waals surface area (Å²) in [5.41, 5.74) is 1.82. The number of hydrogen-bond donors (Lipinski definition) is 0. The molecule has 0 atom stereocenters. The summed E-state index contributed by atoms with van der Waals surface area (Å²) in [6, 6.07) is 14.1. The summed E-state index contributed by atoms with van der Waals surface area (Å²) in [5.74, 6) is 2.99. The van der Waals surface area contributed by atoms with Gasteiger partial charge >= 0.3 is 0 Å². The van der Waals surface area contributed by atoms with Gasteiger partial charge in [0.05, 0.1) is 35.0 Å². The Labute approximate surface area is 154 Å². The number of ether oxygens (including phenoxy) is 1. The minimum atomic E-state index is -0.378. The van der Waals surface area contributed by atoms with Crippen molar-refractivity contribution < 1.29 is 9.53 Å². The number of benzene rings is 2. The molecule has 0 aliphatic heterocycles. The third-order valence-corrected chi connectivity index (χ3v) is 4.71. The molecular formula is C20H15N3O2S. The van der Waals surface area contributed by atoms with E-state index in [9.17, 15) is 4.79 Å². The molecule has 1 heterocycles. The number of hydrogen-bond acceptors (Lipinski definition) is 4. The van der Waals surface area contributed by atoms with Crippen LogP contribution in [0.1, 0.15) is 22.8 Å². The highest BCUT2D eigenvalue weighted by molar-refractivity contribution is 7.16. The molecule has 5 nitrogen and oxygen atoms in total. The molecule has 3 aromatic rings. The molecule has 0 bridgehead atoms. The van der Waals surface area contributed by atoms with Crippen LogP contribution in [0.5, 0.6) is 5.75 Å². The van der Waals surface area contributed by atoms with Crippen molar-refractivity contribution in [1.82, 2.24) is 4.57 Å². The Balaban J connectivity index is 2.08. The molecule has 3 rings (SSSR count). The smallest absolute Gasteiger partial charge is 0.279 e. The van der Waals surface area contributed by atoms with E-state index in [4.69, 9.17) is 16.4 Å². The van der Waals surface area contributed by atoms with E-state index in [1.165, 1.54) is 11.3 Å². The number of nitriles is 1. The first-order valence-corrected chi connectivity index (χ1v) is 8.76. The lowest BCUT2D eigenvalue weighted by molar-refractivity contribution is 0.0998. The van der Waals surface area contributed by atoms with Crippen molar-refractivity contribution in [3.8, 4) is 24.2 Å². The molecule has 0 radical (unpaired) electrons. The SMILES string of the molecule is C#CCn1c(=NC(=O)c2ccc(C#N)cc2)sc2cc(OCC)ccc21. The van der Waals surface area contributed by atoms with Gasteiger partial charge in [0.25, 0.3) is 5.91 Å². The maximum atomic E-state index is 12.5. The third kappa shape index (κ3) is 3.51. The number of carbonyl (C=O) groups excluding carboxylic acids is 1. The summed E-state index contributed by atoms with van der Waals surface area (Å²) in [4.78, 5) is 17.3. The molecule has 6 heteroatoms. The molecule has 0 spiro atoms. The van der Waals surface area contributed by atoms with Gasteiger partial charge in [-0.2, -0.15) is 10.3 Å². The van der Waals surface area contributed by atoms with Crippen LogP contribution in [0.25, 0.3) is 10.2 Å². The normalized spacial score (nSPS) is 11.1. The highest BCUT2D eigenvalue weighted by atomic mass is 32.1. The van der Waals surface area contributed by atoms with Gasteiger partial charge < -0.3 is 9.30 Å². The molecule has 0 N–H and O–H groups in total. The monoisotopic (exact) mass is 361 g/mol. The molecule has 26 heavy (non-hydrogen) atoms. The molecule has 0 aliphatic rings. The largest absolute Gasteiger partial charge is 0.494 e. The highest BCUT2D eigenvalue weighted by Gasteiger charge is 2.10. The lowest BCUT2D eigenvalue weighted by atomic mass is 10.1. The van der Waals surface area contributed by atoms with Crippen LogP contribution in [0.4, 0.5) is 0 Å². The van der Waals surface area contributed by atoms with Crippen molar-refractivity contribution in [3.05, 3.63) is 58.4 Å². The zero-order chi connectivity index (χ0) is 18.5. The molecule has 0 saturated carbocycles. The van der Waals surface area contributed by atoms with E-state index >= 15 is 0 Å². The summed E-state index contributed by atoms with van der Waals surface area (Å²) in [6.45, 7) is 2.82.